The molecule has 0 spiro atoms. The van der Waals surface area contributed by atoms with Crippen molar-refractivity contribution in [1.82, 2.24) is 5.32 Å². The summed E-state index contributed by atoms with van der Waals surface area (Å²) in [6.45, 7) is 2.20. The van der Waals surface area contributed by atoms with Gasteiger partial charge in [0.25, 0.3) is 10.0 Å². The Morgan fingerprint density at radius 1 is 0.970 bits per heavy atom. The van der Waals surface area contributed by atoms with E-state index in [1.807, 2.05) is 30.3 Å². The van der Waals surface area contributed by atoms with Crippen molar-refractivity contribution in [1.29, 1.82) is 0 Å². The van der Waals surface area contributed by atoms with E-state index in [1.165, 1.54) is 6.07 Å². The Hall–Kier alpha value is -3.17. The van der Waals surface area contributed by atoms with Crippen molar-refractivity contribution in [3.63, 3.8) is 0 Å². The molecule has 1 atom stereocenters. The Bertz CT molecular complexity index is 1150. The minimum absolute atomic E-state index is 0.110. The number of esters is 1. The number of sulfonamides is 1. The number of anilines is 1. The summed E-state index contributed by atoms with van der Waals surface area (Å²) in [7, 11) is -3.62. The van der Waals surface area contributed by atoms with Gasteiger partial charge in [0.15, 0.2) is 0 Å². The summed E-state index contributed by atoms with van der Waals surface area (Å²) in [4.78, 5) is 24.8. The van der Waals surface area contributed by atoms with Gasteiger partial charge >= 0.3 is 5.97 Å². The summed E-state index contributed by atoms with van der Waals surface area (Å²) in [5, 5.41) is 4.51. The van der Waals surface area contributed by atoms with Crippen molar-refractivity contribution < 1.29 is 22.7 Å². The van der Waals surface area contributed by atoms with Crippen LogP contribution in [0.2, 0.25) is 0 Å². The molecule has 3 aromatic rings. The Kier molecular flexibility index (Phi) is 8.62. The van der Waals surface area contributed by atoms with Crippen LogP contribution in [0, 0.1) is 5.92 Å². The van der Waals surface area contributed by atoms with Crippen LogP contribution >= 0.6 is 11.3 Å². The van der Waals surface area contributed by atoms with Gasteiger partial charge in [0.1, 0.15) is 4.21 Å². The topological polar surface area (TPSA) is 102 Å². The van der Waals surface area contributed by atoms with E-state index in [1.54, 1.807) is 42.6 Å². The summed E-state index contributed by atoms with van der Waals surface area (Å²) in [6.07, 6.45) is 0.581. The van der Waals surface area contributed by atoms with Gasteiger partial charge in [-0.05, 0) is 48.1 Å². The van der Waals surface area contributed by atoms with Gasteiger partial charge in [-0.15, -0.1) is 11.3 Å². The zero-order chi connectivity index (χ0) is 23.7. The number of benzene rings is 2. The molecular formula is C24H26N2O5S2. The Morgan fingerprint density at radius 2 is 1.70 bits per heavy atom. The number of carbonyl (C=O) groups is 2. The van der Waals surface area contributed by atoms with E-state index in [4.69, 9.17) is 4.74 Å². The van der Waals surface area contributed by atoms with E-state index >= 15 is 0 Å². The lowest BCUT2D eigenvalue weighted by Crippen LogP contribution is -2.35. The first-order chi connectivity index (χ1) is 15.9. The van der Waals surface area contributed by atoms with Gasteiger partial charge in [0, 0.05) is 12.2 Å². The van der Waals surface area contributed by atoms with E-state index in [0.717, 1.165) is 22.5 Å². The summed E-state index contributed by atoms with van der Waals surface area (Å²) in [6, 6.07) is 19.4. The molecule has 7 nitrogen and oxygen atoms in total. The van der Waals surface area contributed by atoms with Crippen molar-refractivity contribution >= 4 is 38.9 Å². The highest BCUT2D eigenvalue weighted by Gasteiger charge is 2.21. The average Bonchev–Trinajstić information content (AvgIpc) is 3.35. The minimum Gasteiger partial charge on any atom is -0.466 e. The molecule has 9 heteroatoms. The highest BCUT2D eigenvalue weighted by Crippen LogP contribution is 2.20. The minimum atomic E-state index is -3.62. The van der Waals surface area contributed by atoms with Gasteiger partial charge < -0.3 is 10.1 Å². The van der Waals surface area contributed by atoms with E-state index in [9.17, 15) is 18.0 Å². The van der Waals surface area contributed by atoms with E-state index in [0.29, 0.717) is 12.1 Å². The molecule has 0 saturated carbocycles. The maximum atomic E-state index is 12.4. The standard InChI is InChI=1S/C24H26N2O5S2/c1-2-31-24(28)20(15-18-7-4-3-5-8-18)17-25-22(27)16-19-10-12-21(13-11-19)26-33(29,30)23-9-6-14-32-23/h3-14,20,26H,2,15-17H2,1H3,(H,25,27). The second kappa shape index (κ2) is 11.6. The summed E-state index contributed by atoms with van der Waals surface area (Å²) < 4.78 is 32.5. The lowest BCUT2D eigenvalue weighted by Gasteiger charge is -2.16. The summed E-state index contributed by atoms with van der Waals surface area (Å²) in [5.41, 5.74) is 2.13. The molecule has 0 radical (unpaired) electrons. The van der Waals surface area contributed by atoms with Gasteiger partial charge in [-0.3, -0.25) is 14.3 Å². The Morgan fingerprint density at radius 3 is 2.33 bits per heavy atom. The van der Waals surface area contributed by atoms with Crippen LogP contribution < -0.4 is 10.0 Å². The first-order valence-electron chi connectivity index (χ1n) is 10.5. The van der Waals surface area contributed by atoms with Crippen LogP contribution in [0.25, 0.3) is 0 Å². The molecule has 1 heterocycles. The lowest BCUT2D eigenvalue weighted by atomic mass is 9.99. The van der Waals surface area contributed by atoms with Gasteiger partial charge in [-0.2, -0.15) is 0 Å². The third-order valence-corrected chi connectivity index (χ3v) is 7.60. The van der Waals surface area contributed by atoms with Crippen LogP contribution in [0.4, 0.5) is 5.69 Å². The maximum Gasteiger partial charge on any atom is 0.311 e. The summed E-state index contributed by atoms with van der Waals surface area (Å²) in [5.74, 6) is -1.06. The highest BCUT2D eigenvalue weighted by molar-refractivity contribution is 7.94. The third-order valence-electron chi connectivity index (χ3n) is 4.82. The normalized spacial score (nSPS) is 12.0. The number of rotatable bonds is 11. The molecule has 1 unspecified atom stereocenters. The first-order valence-corrected chi connectivity index (χ1v) is 12.9. The molecule has 0 fully saturated rings. The monoisotopic (exact) mass is 486 g/mol. The molecule has 2 N–H and O–H groups in total. The zero-order valence-electron chi connectivity index (χ0n) is 18.2. The third kappa shape index (κ3) is 7.44. The van der Waals surface area contributed by atoms with E-state index in [2.05, 4.69) is 10.0 Å². The van der Waals surface area contributed by atoms with Crippen molar-refractivity contribution in [2.24, 2.45) is 5.92 Å². The molecule has 0 aliphatic carbocycles. The van der Waals surface area contributed by atoms with Crippen LogP contribution in [0.1, 0.15) is 18.1 Å². The maximum absolute atomic E-state index is 12.4. The largest absolute Gasteiger partial charge is 0.466 e. The van der Waals surface area contributed by atoms with Crippen LogP contribution in [0.3, 0.4) is 0 Å². The Balaban J connectivity index is 1.55. The predicted molar refractivity (Wildman–Crippen MR) is 129 cm³/mol. The molecular weight excluding hydrogens is 460 g/mol. The second-order valence-corrected chi connectivity index (χ2v) is 10.2. The fourth-order valence-electron chi connectivity index (χ4n) is 3.19. The molecule has 3 rings (SSSR count). The number of carbonyl (C=O) groups excluding carboxylic acids is 2. The molecule has 0 bridgehead atoms. The van der Waals surface area contributed by atoms with Crippen molar-refractivity contribution in [3.05, 3.63) is 83.2 Å². The smallest absolute Gasteiger partial charge is 0.311 e. The van der Waals surface area contributed by atoms with Crippen LogP contribution in [-0.2, 0) is 37.2 Å². The molecule has 33 heavy (non-hydrogen) atoms. The SMILES string of the molecule is CCOC(=O)C(CNC(=O)Cc1ccc(NS(=O)(=O)c2cccs2)cc1)Cc1ccccc1. The number of thiophene rings is 1. The van der Waals surface area contributed by atoms with Gasteiger partial charge in [0.2, 0.25) is 5.91 Å². The first kappa shape index (κ1) is 24.5. The Labute approximate surface area is 197 Å². The number of ether oxygens (including phenoxy) is 1. The van der Waals surface area contributed by atoms with E-state index < -0.39 is 15.9 Å². The molecule has 1 aromatic heterocycles. The fourth-order valence-corrected chi connectivity index (χ4v) is 5.25. The summed E-state index contributed by atoms with van der Waals surface area (Å²) >= 11 is 1.14. The number of hydrogen-bond donors (Lipinski definition) is 2. The van der Waals surface area contributed by atoms with Crippen LogP contribution in [0.15, 0.2) is 76.3 Å². The molecule has 0 aliphatic rings. The highest BCUT2D eigenvalue weighted by atomic mass is 32.2. The fraction of sp³-hybridized carbons (Fsp3) is 0.250. The van der Waals surface area contributed by atoms with Gasteiger partial charge in [-0.25, -0.2) is 8.42 Å². The molecule has 1 amide bonds. The quantitative estimate of drug-likeness (QED) is 0.403. The molecule has 174 valence electrons. The number of nitrogens with one attached hydrogen (secondary N) is 2. The molecule has 0 aliphatic heterocycles. The van der Waals surface area contributed by atoms with Crippen molar-refractivity contribution in [2.45, 2.75) is 24.0 Å². The van der Waals surface area contributed by atoms with Crippen LogP contribution in [0.5, 0.6) is 0 Å². The van der Waals surface area contributed by atoms with Crippen molar-refractivity contribution in [3.8, 4) is 0 Å². The number of amides is 1. The molecule has 2 aromatic carbocycles. The lowest BCUT2D eigenvalue weighted by molar-refractivity contribution is -0.147. The molecule has 0 saturated heterocycles. The zero-order valence-corrected chi connectivity index (χ0v) is 19.8. The van der Waals surface area contributed by atoms with Gasteiger partial charge in [0.05, 0.1) is 18.9 Å². The van der Waals surface area contributed by atoms with Gasteiger partial charge in [-0.1, -0.05) is 48.5 Å². The number of hydrogen-bond acceptors (Lipinski definition) is 6. The van der Waals surface area contributed by atoms with Crippen LogP contribution in [-0.4, -0.2) is 33.4 Å². The van der Waals surface area contributed by atoms with E-state index in [-0.39, 0.29) is 35.7 Å². The van der Waals surface area contributed by atoms with Crippen molar-refractivity contribution in [2.75, 3.05) is 17.9 Å². The second-order valence-electron chi connectivity index (χ2n) is 7.35. The average molecular weight is 487 g/mol. The predicted octanol–water partition coefficient (Wildman–Crippen LogP) is 3.63.